The molecule has 0 amide bonds. The second-order valence-electron chi connectivity index (χ2n) is 8.07. The molecule has 138 valence electrons. The third-order valence-electron chi connectivity index (χ3n) is 5.61. The van der Waals surface area contributed by atoms with E-state index in [-0.39, 0.29) is 5.41 Å². The average Bonchev–Trinajstić information content (AvgIpc) is 2.71. The summed E-state index contributed by atoms with van der Waals surface area (Å²) in [7, 11) is 0. The van der Waals surface area contributed by atoms with Crippen LogP contribution in [0.25, 0.3) is 0 Å². The molecule has 2 aromatic carbocycles. The Labute approximate surface area is 156 Å². The SMILES string of the molecule is CC1(CN2CCCCC2)COC(c2ccccc2)(c2ccccc2)OC1. The van der Waals surface area contributed by atoms with E-state index in [2.05, 4.69) is 36.1 Å². The minimum Gasteiger partial charge on any atom is -0.341 e. The van der Waals surface area contributed by atoms with Gasteiger partial charge in [0.1, 0.15) is 0 Å². The van der Waals surface area contributed by atoms with E-state index >= 15 is 0 Å². The van der Waals surface area contributed by atoms with Crippen molar-refractivity contribution in [2.24, 2.45) is 5.41 Å². The molecule has 0 bridgehead atoms. The van der Waals surface area contributed by atoms with Crippen molar-refractivity contribution >= 4 is 0 Å². The van der Waals surface area contributed by atoms with Crippen LogP contribution in [0.1, 0.15) is 37.3 Å². The quantitative estimate of drug-likeness (QED) is 0.813. The topological polar surface area (TPSA) is 21.7 Å². The predicted octanol–water partition coefficient (Wildman–Crippen LogP) is 4.43. The van der Waals surface area contributed by atoms with Crippen LogP contribution in [-0.4, -0.2) is 37.7 Å². The predicted molar refractivity (Wildman–Crippen MR) is 104 cm³/mol. The molecule has 3 nitrogen and oxygen atoms in total. The normalized spacial score (nSPS) is 22.8. The number of nitrogens with zero attached hydrogens (tertiary/aromatic N) is 1. The summed E-state index contributed by atoms with van der Waals surface area (Å²) in [6.07, 6.45) is 4.00. The second kappa shape index (κ2) is 7.51. The zero-order valence-electron chi connectivity index (χ0n) is 15.7. The van der Waals surface area contributed by atoms with E-state index in [4.69, 9.17) is 9.47 Å². The Kier molecular flexibility index (Phi) is 5.12. The van der Waals surface area contributed by atoms with Crippen molar-refractivity contribution in [3.05, 3.63) is 71.8 Å². The van der Waals surface area contributed by atoms with Gasteiger partial charge in [-0.05, 0) is 25.9 Å². The highest BCUT2D eigenvalue weighted by atomic mass is 16.7. The van der Waals surface area contributed by atoms with Crippen molar-refractivity contribution < 1.29 is 9.47 Å². The zero-order valence-corrected chi connectivity index (χ0v) is 15.7. The van der Waals surface area contributed by atoms with Crippen LogP contribution >= 0.6 is 0 Å². The van der Waals surface area contributed by atoms with Gasteiger partial charge >= 0.3 is 0 Å². The summed E-state index contributed by atoms with van der Waals surface area (Å²) in [6, 6.07) is 20.7. The maximum absolute atomic E-state index is 6.55. The van der Waals surface area contributed by atoms with Gasteiger partial charge in [0, 0.05) is 23.1 Å². The van der Waals surface area contributed by atoms with E-state index in [0.717, 1.165) is 17.7 Å². The fraction of sp³-hybridized carbons (Fsp3) is 0.478. The van der Waals surface area contributed by atoms with E-state index in [1.807, 2.05) is 36.4 Å². The van der Waals surface area contributed by atoms with Crippen LogP contribution in [0, 0.1) is 5.41 Å². The first-order valence-corrected chi connectivity index (χ1v) is 9.82. The summed E-state index contributed by atoms with van der Waals surface area (Å²) < 4.78 is 13.1. The molecule has 2 aliphatic heterocycles. The Morgan fingerprint density at radius 3 is 1.77 bits per heavy atom. The summed E-state index contributed by atoms with van der Waals surface area (Å²) in [5.41, 5.74) is 2.15. The van der Waals surface area contributed by atoms with E-state index in [1.165, 1.54) is 32.4 Å². The molecule has 4 rings (SSSR count). The van der Waals surface area contributed by atoms with Crippen LogP contribution in [0.5, 0.6) is 0 Å². The van der Waals surface area contributed by atoms with Gasteiger partial charge in [0.2, 0.25) is 5.79 Å². The maximum atomic E-state index is 6.55. The molecule has 2 saturated heterocycles. The Bertz CT molecular complexity index is 645. The Balaban J connectivity index is 1.56. The lowest BCUT2D eigenvalue weighted by Crippen LogP contribution is -2.52. The fourth-order valence-electron chi connectivity index (χ4n) is 4.20. The lowest BCUT2D eigenvalue weighted by Gasteiger charge is -2.47. The van der Waals surface area contributed by atoms with E-state index in [1.54, 1.807) is 0 Å². The number of piperidine rings is 1. The van der Waals surface area contributed by atoms with Crippen molar-refractivity contribution in [2.45, 2.75) is 32.0 Å². The number of hydrogen-bond acceptors (Lipinski definition) is 3. The van der Waals surface area contributed by atoms with Crippen LogP contribution in [0.3, 0.4) is 0 Å². The van der Waals surface area contributed by atoms with Gasteiger partial charge in [-0.3, -0.25) is 0 Å². The number of ether oxygens (including phenoxy) is 2. The van der Waals surface area contributed by atoms with Gasteiger partial charge in [0.15, 0.2) is 0 Å². The van der Waals surface area contributed by atoms with Crippen molar-refractivity contribution in [1.29, 1.82) is 0 Å². The molecule has 0 spiro atoms. The van der Waals surface area contributed by atoms with Crippen molar-refractivity contribution in [1.82, 2.24) is 4.90 Å². The largest absolute Gasteiger partial charge is 0.341 e. The Hall–Kier alpha value is -1.68. The number of benzene rings is 2. The molecule has 0 atom stereocenters. The smallest absolute Gasteiger partial charge is 0.222 e. The van der Waals surface area contributed by atoms with Gasteiger partial charge in [-0.15, -0.1) is 0 Å². The van der Waals surface area contributed by atoms with Crippen LogP contribution in [-0.2, 0) is 15.3 Å². The van der Waals surface area contributed by atoms with Gasteiger partial charge < -0.3 is 14.4 Å². The average molecular weight is 351 g/mol. The molecule has 2 aromatic rings. The third-order valence-corrected chi connectivity index (χ3v) is 5.61. The molecule has 2 aliphatic rings. The monoisotopic (exact) mass is 351 g/mol. The molecule has 0 aliphatic carbocycles. The molecule has 2 fully saturated rings. The fourth-order valence-corrected chi connectivity index (χ4v) is 4.20. The Morgan fingerprint density at radius 1 is 0.769 bits per heavy atom. The molecule has 0 unspecified atom stereocenters. The molecule has 3 heteroatoms. The van der Waals surface area contributed by atoms with Crippen molar-refractivity contribution in [3.8, 4) is 0 Å². The summed E-state index contributed by atoms with van der Waals surface area (Å²) >= 11 is 0. The van der Waals surface area contributed by atoms with Crippen LogP contribution in [0.2, 0.25) is 0 Å². The third kappa shape index (κ3) is 3.57. The summed E-state index contributed by atoms with van der Waals surface area (Å²) in [5.74, 6) is -0.802. The highest BCUT2D eigenvalue weighted by Gasteiger charge is 2.45. The summed E-state index contributed by atoms with van der Waals surface area (Å²) in [5, 5.41) is 0. The first-order chi connectivity index (χ1) is 12.7. The van der Waals surface area contributed by atoms with Crippen LogP contribution < -0.4 is 0 Å². The molecular weight excluding hydrogens is 322 g/mol. The van der Waals surface area contributed by atoms with Gasteiger partial charge in [-0.25, -0.2) is 0 Å². The molecule has 0 saturated carbocycles. The van der Waals surface area contributed by atoms with Gasteiger partial charge in [0.25, 0.3) is 0 Å². The van der Waals surface area contributed by atoms with Crippen LogP contribution in [0.15, 0.2) is 60.7 Å². The first kappa shape index (κ1) is 17.7. The number of hydrogen-bond donors (Lipinski definition) is 0. The molecule has 0 aromatic heterocycles. The highest BCUT2D eigenvalue weighted by molar-refractivity contribution is 5.34. The lowest BCUT2D eigenvalue weighted by molar-refractivity contribution is -0.289. The van der Waals surface area contributed by atoms with Gasteiger partial charge in [-0.1, -0.05) is 74.0 Å². The molecule has 26 heavy (non-hydrogen) atoms. The molecular formula is C23H29NO2. The minimum absolute atomic E-state index is 0.0321. The Morgan fingerprint density at radius 2 is 1.27 bits per heavy atom. The lowest BCUT2D eigenvalue weighted by atomic mass is 9.87. The minimum atomic E-state index is -0.802. The standard InChI is InChI=1S/C23H29NO2/c1-22(17-24-15-9-4-10-16-24)18-25-23(26-19-22,20-11-5-2-6-12-20)21-13-7-3-8-14-21/h2-3,5-8,11-14H,4,9-10,15-19H2,1H3. The number of rotatable bonds is 4. The summed E-state index contributed by atoms with van der Waals surface area (Å²) in [4.78, 5) is 2.58. The van der Waals surface area contributed by atoms with Crippen LogP contribution in [0.4, 0.5) is 0 Å². The second-order valence-corrected chi connectivity index (χ2v) is 8.07. The zero-order chi connectivity index (χ0) is 17.9. The summed E-state index contributed by atoms with van der Waals surface area (Å²) in [6.45, 7) is 7.16. The van der Waals surface area contributed by atoms with Gasteiger partial charge in [-0.2, -0.15) is 0 Å². The maximum Gasteiger partial charge on any atom is 0.222 e. The molecule has 2 heterocycles. The highest BCUT2D eigenvalue weighted by Crippen LogP contribution is 2.42. The van der Waals surface area contributed by atoms with Crippen molar-refractivity contribution in [3.63, 3.8) is 0 Å². The van der Waals surface area contributed by atoms with Gasteiger partial charge in [0.05, 0.1) is 13.2 Å². The van der Waals surface area contributed by atoms with Crippen molar-refractivity contribution in [2.75, 3.05) is 32.8 Å². The van der Waals surface area contributed by atoms with E-state index < -0.39 is 5.79 Å². The molecule has 0 radical (unpaired) electrons. The van der Waals surface area contributed by atoms with E-state index in [9.17, 15) is 0 Å². The van der Waals surface area contributed by atoms with E-state index in [0.29, 0.717) is 13.2 Å². The number of likely N-dealkylation sites (tertiary alicyclic amines) is 1. The first-order valence-electron chi connectivity index (χ1n) is 9.82. The molecule has 0 N–H and O–H groups in total.